The van der Waals surface area contributed by atoms with E-state index >= 15 is 0 Å². The van der Waals surface area contributed by atoms with E-state index < -0.39 is 10.0 Å². The molecule has 1 aliphatic rings. The largest absolute Gasteiger partial charge is 0.373 e. The molecule has 0 spiro atoms. The van der Waals surface area contributed by atoms with Crippen LogP contribution in [0.5, 0.6) is 0 Å². The van der Waals surface area contributed by atoms with Gasteiger partial charge in [-0.2, -0.15) is 4.31 Å². The minimum Gasteiger partial charge on any atom is -0.373 e. The van der Waals surface area contributed by atoms with E-state index in [0.29, 0.717) is 18.7 Å². The van der Waals surface area contributed by atoms with Gasteiger partial charge in [0.25, 0.3) is 10.0 Å². The molecule has 1 fully saturated rings. The lowest BCUT2D eigenvalue weighted by molar-refractivity contribution is -0.0440. The van der Waals surface area contributed by atoms with E-state index in [2.05, 4.69) is 0 Å². The quantitative estimate of drug-likeness (QED) is 0.579. The van der Waals surface area contributed by atoms with Crippen molar-refractivity contribution in [2.24, 2.45) is 0 Å². The first-order valence-electron chi connectivity index (χ1n) is 8.39. The van der Waals surface area contributed by atoms with Crippen LogP contribution in [0.4, 0.5) is 0 Å². The molecule has 2 aromatic rings. The lowest BCUT2D eigenvalue weighted by atomic mass is 10.1. The summed E-state index contributed by atoms with van der Waals surface area (Å²) in [6.07, 6.45) is 2.87. The van der Waals surface area contributed by atoms with Gasteiger partial charge in [0.2, 0.25) is 0 Å². The van der Waals surface area contributed by atoms with E-state index in [-0.39, 0.29) is 22.2 Å². The Morgan fingerprint density at radius 2 is 1.77 bits per heavy atom. The Bertz CT molecular complexity index is 893. The molecule has 0 aliphatic carbocycles. The number of morpholine rings is 1. The molecule has 0 bridgehead atoms. The predicted octanol–water partition coefficient (Wildman–Crippen LogP) is 3.44. The van der Waals surface area contributed by atoms with Crippen molar-refractivity contribution in [3.8, 4) is 0 Å². The molecule has 1 aromatic heterocycles. The van der Waals surface area contributed by atoms with Crippen LogP contribution >= 0.6 is 11.3 Å². The Kier molecular flexibility index (Phi) is 5.72. The molecule has 0 N–H and O–H groups in total. The Morgan fingerprint density at radius 1 is 1.12 bits per heavy atom. The van der Waals surface area contributed by atoms with Crippen molar-refractivity contribution < 1.29 is 17.9 Å². The number of benzene rings is 1. The third-order valence-electron chi connectivity index (χ3n) is 4.04. The van der Waals surface area contributed by atoms with Gasteiger partial charge in [-0.25, -0.2) is 8.42 Å². The fraction of sp³-hybridized carbons (Fsp3) is 0.316. The zero-order valence-corrected chi connectivity index (χ0v) is 16.3. The zero-order chi connectivity index (χ0) is 18.7. The van der Waals surface area contributed by atoms with Crippen LogP contribution in [-0.2, 0) is 14.8 Å². The number of sulfonamides is 1. The summed E-state index contributed by atoms with van der Waals surface area (Å²) >= 11 is 1.16. The maximum atomic E-state index is 12.8. The second kappa shape index (κ2) is 7.84. The number of carbonyl (C=O) groups excluding carboxylic acids is 1. The number of rotatable bonds is 5. The summed E-state index contributed by atoms with van der Waals surface area (Å²) in [5.41, 5.74) is 0.601. The maximum absolute atomic E-state index is 12.8. The van der Waals surface area contributed by atoms with Crippen LogP contribution in [0.25, 0.3) is 6.08 Å². The van der Waals surface area contributed by atoms with E-state index in [0.717, 1.165) is 16.2 Å². The van der Waals surface area contributed by atoms with Gasteiger partial charge >= 0.3 is 0 Å². The number of ether oxygens (including phenoxy) is 1. The molecule has 0 saturated carbocycles. The van der Waals surface area contributed by atoms with Crippen LogP contribution in [0.2, 0.25) is 0 Å². The second-order valence-electron chi connectivity index (χ2n) is 6.30. The van der Waals surface area contributed by atoms with Crippen LogP contribution in [0.15, 0.2) is 52.7 Å². The Morgan fingerprint density at radius 3 is 2.42 bits per heavy atom. The molecule has 2 heterocycles. The van der Waals surface area contributed by atoms with Crippen LogP contribution in [0.1, 0.15) is 29.1 Å². The van der Waals surface area contributed by atoms with E-state index in [1.54, 1.807) is 42.5 Å². The van der Waals surface area contributed by atoms with Gasteiger partial charge in [0.15, 0.2) is 5.78 Å². The van der Waals surface area contributed by atoms with Crippen molar-refractivity contribution in [2.75, 3.05) is 13.1 Å². The number of allylic oxidation sites excluding steroid dienone is 1. The first-order chi connectivity index (χ1) is 12.4. The van der Waals surface area contributed by atoms with Crippen molar-refractivity contribution in [3.05, 3.63) is 59.0 Å². The highest BCUT2D eigenvalue weighted by Gasteiger charge is 2.32. The molecule has 1 aliphatic heterocycles. The normalized spacial score (nSPS) is 21.9. The Labute approximate surface area is 158 Å². The SMILES string of the molecule is C[C@@H]1CN(S(=O)(=O)c2ccc(/C=C/C(=O)c3ccccc3)s2)C[C@@H](C)O1. The topological polar surface area (TPSA) is 63.7 Å². The molecule has 1 aromatic carbocycles. The fourth-order valence-corrected chi connectivity index (χ4v) is 5.85. The third-order valence-corrected chi connectivity index (χ3v) is 7.39. The van der Waals surface area contributed by atoms with Crippen LogP contribution in [0, 0.1) is 0 Å². The van der Waals surface area contributed by atoms with Gasteiger partial charge < -0.3 is 4.74 Å². The Balaban J connectivity index is 1.75. The smallest absolute Gasteiger partial charge is 0.252 e. The first kappa shape index (κ1) is 19.0. The molecule has 2 atom stereocenters. The number of ketones is 1. The van der Waals surface area contributed by atoms with Crippen molar-refractivity contribution in [3.63, 3.8) is 0 Å². The van der Waals surface area contributed by atoms with E-state index in [4.69, 9.17) is 4.74 Å². The molecule has 1 saturated heterocycles. The highest BCUT2D eigenvalue weighted by atomic mass is 32.2. The lowest BCUT2D eigenvalue weighted by Gasteiger charge is -2.34. The highest BCUT2D eigenvalue weighted by Crippen LogP contribution is 2.28. The molecular formula is C19H21NO4S2. The average molecular weight is 392 g/mol. The summed E-state index contributed by atoms with van der Waals surface area (Å²) in [7, 11) is -3.54. The van der Waals surface area contributed by atoms with Gasteiger partial charge in [0, 0.05) is 23.5 Å². The monoisotopic (exact) mass is 391 g/mol. The first-order valence-corrected chi connectivity index (χ1v) is 10.6. The summed E-state index contributed by atoms with van der Waals surface area (Å²) in [4.78, 5) is 12.8. The van der Waals surface area contributed by atoms with E-state index in [1.165, 1.54) is 10.4 Å². The van der Waals surface area contributed by atoms with Crippen LogP contribution in [0.3, 0.4) is 0 Å². The summed E-state index contributed by atoms with van der Waals surface area (Å²) < 4.78 is 33.0. The summed E-state index contributed by atoms with van der Waals surface area (Å²) in [6, 6.07) is 12.3. The molecule has 7 heteroatoms. The van der Waals surface area contributed by atoms with Crippen molar-refractivity contribution in [1.82, 2.24) is 4.31 Å². The standard InChI is InChI=1S/C19H21NO4S2/c1-14-12-20(13-15(2)24-14)26(22,23)19-11-9-17(25-19)8-10-18(21)16-6-4-3-5-7-16/h3-11,14-15H,12-13H2,1-2H3/b10-8+/t14-,15-/m1/s1. The molecule has 3 rings (SSSR count). The molecule has 138 valence electrons. The van der Waals surface area contributed by atoms with Gasteiger partial charge in [-0.1, -0.05) is 30.3 Å². The Hall–Kier alpha value is -1.80. The lowest BCUT2D eigenvalue weighted by Crippen LogP contribution is -2.47. The van der Waals surface area contributed by atoms with Crippen molar-refractivity contribution >= 4 is 33.2 Å². The van der Waals surface area contributed by atoms with E-state index in [1.807, 2.05) is 19.9 Å². The van der Waals surface area contributed by atoms with E-state index in [9.17, 15) is 13.2 Å². The number of hydrogen-bond acceptors (Lipinski definition) is 5. The summed E-state index contributed by atoms with van der Waals surface area (Å²) in [5, 5.41) is 0. The molecule has 0 unspecified atom stereocenters. The average Bonchev–Trinajstić information content (AvgIpc) is 3.09. The van der Waals surface area contributed by atoms with Gasteiger partial charge in [-0.3, -0.25) is 4.79 Å². The number of carbonyl (C=O) groups is 1. The number of hydrogen-bond donors (Lipinski definition) is 0. The second-order valence-corrected chi connectivity index (χ2v) is 9.58. The number of nitrogens with zero attached hydrogens (tertiary/aromatic N) is 1. The molecule has 0 amide bonds. The van der Waals surface area contributed by atoms with Gasteiger partial charge in [-0.05, 0) is 38.1 Å². The highest BCUT2D eigenvalue weighted by molar-refractivity contribution is 7.91. The maximum Gasteiger partial charge on any atom is 0.252 e. The summed E-state index contributed by atoms with van der Waals surface area (Å²) in [5.74, 6) is -0.112. The van der Waals surface area contributed by atoms with Gasteiger partial charge in [-0.15, -0.1) is 11.3 Å². The molecule has 26 heavy (non-hydrogen) atoms. The predicted molar refractivity (Wildman–Crippen MR) is 103 cm³/mol. The summed E-state index contributed by atoms with van der Waals surface area (Å²) in [6.45, 7) is 4.44. The van der Waals surface area contributed by atoms with Gasteiger partial charge in [0.05, 0.1) is 12.2 Å². The fourth-order valence-electron chi connectivity index (χ4n) is 2.87. The molecule has 5 nitrogen and oxygen atoms in total. The third kappa shape index (κ3) is 4.29. The zero-order valence-electron chi connectivity index (χ0n) is 14.7. The van der Waals surface area contributed by atoms with Crippen LogP contribution < -0.4 is 0 Å². The van der Waals surface area contributed by atoms with Gasteiger partial charge in [0.1, 0.15) is 4.21 Å². The minimum absolute atomic E-state index is 0.112. The molecular weight excluding hydrogens is 370 g/mol. The van der Waals surface area contributed by atoms with Crippen molar-refractivity contribution in [2.45, 2.75) is 30.3 Å². The van der Waals surface area contributed by atoms with Crippen LogP contribution in [-0.4, -0.2) is 43.8 Å². The molecule has 0 radical (unpaired) electrons. The van der Waals surface area contributed by atoms with Crippen molar-refractivity contribution in [1.29, 1.82) is 0 Å². The minimum atomic E-state index is -3.54. The number of thiophene rings is 1.